The summed E-state index contributed by atoms with van der Waals surface area (Å²) in [4.78, 5) is 0. The third-order valence-corrected chi connectivity index (χ3v) is 1.92. The van der Waals surface area contributed by atoms with Gasteiger partial charge in [-0.3, -0.25) is 0 Å². The molecule has 0 amide bonds. The van der Waals surface area contributed by atoms with Crippen molar-refractivity contribution >= 4 is 0 Å². The van der Waals surface area contributed by atoms with E-state index in [0.29, 0.717) is 13.0 Å². The van der Waals surface area contributed by atoms with E-state index in [1.54, 1.807) is 0 Å². The summed E-state index contributed by atoms with van der Waals surface area (Å²) in [5.74, 6) is 3.40. The summed E-state index contributed by atoms with van der Waals surface area (Å²) in [5, 5.41) is 8.57. The first-order valence-electron chi connectivity index (χ1n) is 4.59. The number of hydrogen-bond donors (Lipinski definition) is 1. The monoisotopic (exact) mass is 190 g/mol. The van der Waals surface area contributed by atoms with E-state index < -0.39 is 0 Å². The van der Waals surface area contributed by atoms with E-state index >= 15 is 0 Å². The summed E-state index contributed by atoms with van der Waals surface area (Å²) < 4.78 is 5.40. The predicted octanol–water partition coefficient (Wildman–Crippen LogP) is 1.74. The Morgan fingerprint density at radius 2 is 2.29 bits per heavy atom. The smallest absolute Gasteiger partial charge is 0.119 e. The highest BCUT2D eigenvalue weighted by Gasteiger charge is 1.98. The van der Waals surface area contributed by atoms with Gasteiger partial charge < -0.3 is 9.84 Å². The van der Waals surface area contributed by atoms with Crippen molar-refractivity contribution in [1.82, 2.24) is 0 Å². The first kappa shape index (κ1) is 10.6. The van der Waals surface area contributed by atoms with Gasteiger partial charge in [-0.1, -0.05) is 5.92 Å². The lowest BCUT2D eigenvalue weighted by Crippen LogP contribution is -1.99. The molecule has 0 radical (unpaired) electrons. The van der Waals surface area contributed by atoms with Crippen molar-refractivity contribution in [1.29, 1.82) is 0 Å². The molecular weight excluding hydrogens is 176 g/mol. The first-order valence-corrected chi connectivity index (χ1v) is 4.59. The largest absolute Gasteiger partial charge is 0.493 e. The van der Waals surface area contributed by atoms with Crippen LogP contribution in [0.4, 0.5) is 0 Å². The molecule has 0 aliphatic carbocycles. The Balaban J connectivity index is 2.63. The van der Waals surface area contributed by atoms with Gasteiger partial charge in [0.2, 0.25) is 0 Å². The average Bonchev–Trinajstić information content (AvgIpc) is 2.18. The van der Waals surface area contributed by atoms with Gasteiger partial charge in [-0.15, -0.1) is 6.42 Å². The molecule has 1 rings (SSSR count). The quantitative estimate of drug-likeness (QED) is 0.579. The summed E-state index contributed by atoms with van der Waals surface area (Å²) in [6, 6.07) is 5.62. The van der Waals surface area contributed by atoms with Gasteiger partial charge in [0.25, 0.3) is 0 Å². The van der Waals surface area contributed by atoms with Gasteiger partial charge in [-0.2, -0.15) is 0 Å². The van der Waals surface area contributed by atoms with Crippen LogP contribution in [-0.2, 0) is 0 Å². The van der Waals surface area contributed by atoms with Gasteiger partial charge in [-0.25, -0.2) is 0 Å². The molecule has 2 nitrogen and oxygen atoms in total. The van der Waals surface area contributed by atoms with Gasteiger partial charge in [0.15, 0.2) is 0 Å². The minimum atomic E-state index is 0.154. The van der Waals surface area contributed by atoms with Crippen LogP contribution in [0, 0.1) is 19.3 Å². The highest BCUT2D eigenvalue weighted by atomic mass is 16.5. The van der Waals surface area contributed by atoms with E-state index in [4.69, 9.17) is 16.3 Å². The number of benzene rings is 1. The Morgan fingerprint density at radius 1 is 1.50 bits per heavy atom. The zero-order valence-corrected chi connectivity index (χ0v) is 8.29. The van der Waals surface area contributed by atoms with Crippen LogP contribution in [0.5, 0.6) is 5.75 Å². The Hall–Kier alpha value is -1.46. The number of rotatable bonds is 4. The molecule has 0 atom stereocenters. The molecular formula is C12H14O2. The van der Waals surface area contributed by atoms with Gasteiger partial charge >= 0.3 is 0 Å². The number of aliphatic hydroxyl groups excluding tert-OH is 1. The lowest BCUT2D eigenvalue weighted by molar-refractivity contribution is 0.233. The number of hydrogen-bond acceptors (Lipinski definition) is 2. The van der Waals surface area contributed by atoms with E-state index in [1.807, 2.05) is 25.1 Å². The minimum absolute atomic E-state index is 0.154. The van der Waals surface area contributed by atoms with Crippen molar-refractivity contribution in [2.75, 3.05) is 13.2 Å². The number of aryl methyl sites for hydroxylation is 1. The molecule has 0 fully saturated rings. The maximum Gasteiger partial charge on any atom is 0.119 e. The topological polar surface area (TPSA) is 29.5 Å². The second-order valence-electron chi connectivity index (χ2n) is 3.05. The van der Waals surface area contributed by atoms with Crippen molar-refractivity contribution in [3.8, 4) is 18.1 Å². The van der Waals surface area contributed by atoms with Crippen molar-refractivity contribution in [2.45, 2.75) is 13.3 Å². The van der Waals surface area contributed by atoms with Crippen LogP contribution in [0.15, 0.2) is 18.2 Å². The van der Waals surface area contributed by atoms with Crippen LogP contribution in [0.1, 0.15) is 17.5 Å². The fourth-order valence-corrected chi connectivity index (χ4v) is 1.14. The zero-order chi connectivity index (χ0) is 10.4. The second kappa shape index (κ2) is 5.31. The van der Waals surface area contributed by atoms with Crippen LogP contribution in [0.3, 0.4) is 0 Å². The lowest BCUT2D eigenvalue weighted by Gasteiger charge is -2.06. The van der Waals surface area contributed by atoms with Crippen molar-refractivity contribution in [3.63, 3.8) is 0 Å². The Labute approximate surface area is 84.5 Å². The Bertz CT molecular complexity index is 337. The highest BCUT2D eigenvalue weighted by Crippen LogP contribution is 2.16. The minimum Gasteiger partial charge on any atom is -0.493 e. The molecule has 0 aliphatic heterocycles. The molecule has 0 saturated carbocycles. The van der Waals surface area contributed by atoms with Crippen molar-refractivity contribution < 1.29 is 9.84 Å². The maximum absolute atomic E-state index is 8.57. The average molecular weight is 190 g/mol. The summed E-state index contributed by atoms with van der Waals surface area (Å²) in [6.07, 6.45) is 5.95. The fraction of sp³-hybridized carbons (Fsp3) is 0.333. The van der Waals surface area contributed by atoms with Crippen LogP contribution in [0.25, 0.3) is 0 Å². The van der Waals surface area contributed by atoms with Crippen LogP contribution < -0.4 is 4.74 Å². The van der Waals surface area contributed by atoms with Crippen molar-refractivity contribution in [2.24, 2.45) is 0 Å². The normalized spacial score (nSPS) is 9.50. The van der Waals surface area contributed by atoms with Crippen LogP contribution in [-0.4, -0.2) is 18.3 Å². The molecule has 2 heteroatoms. The maximum atomic E-state index is 8.57. The van der Waals surface area contributed by atoms with Gasteiger partial charge in [0.05, 0.1) is 6.61 Å². The first-order chi connectivity index (χ1) is 6.77. The molecule has 0 bridgehead atoms. The molecule has 0 aromatic heterocycles. The molecule has 0 saturated heterocycles. The summed E-state index contributed by atoms with van der Waals surface area (Å²) in [6.45, 7) is 2.64. The molecule has 14 heavy (non-hydrogen) atoms. The van der Waals surface area contributed by atoms with Gasteiger partial charge in [-0.05, 0) is 30.7 Å². The summed E-state index contributed by atoms with van der Waals surface area (Å²) >= 11 is 0. The predicted molar refractivity (Wildman–Crippen MR) is 56.3 cm³/mol. The molecule has 1 N–H and O–H groups in total. The third-order valence-electron chi connectivity index (χ3n) is 1.92. The van der Waals surface area contributed by atoms with Crippen LogP contribution >= 0.6 is 0 Å². The van der Waals surface area contributed by atoms with E-state index in [0.717, 1.165) is 16.9 Å². The standard InChI is InChI=1S/C12H14O2/c1-3-11-5-6-12(9-10(11)2)14-8-4-7-13/h1,5-6,9,13H,4,7-8H2,2H3. The van der Waals surface area contributed by atoms with Gasteiger partial charge in [0, 0.05) is 18.6 Å². The zero-order valence-electron chi connectivity index (χ0n) is 8.29. The SMILES string of the molecule is C#Cc1ccc(OCCCO)cc1C. The van der Waals surface area contributed by atoms with Crippen molar-refractivity contribution in [3.05, 3.63) is 29.3 Å². The summed E-state index contributed by atoms with van der Waals surface area (Å²) in [7, 11) is 0. The fourth-order valence-electron chi connectivity index (χ4n) is 1.14. The molecule has 0 unspecified atom stereocenters. The lowest BCUT2D eigenvalue weighted by atomic mass is 10.1. The molecule has 0 heterocycles. The number of terminal acetylenes is 1. The highest BCUT2D eigenvalue weighted by molar-refractivity contribution is 5.43. The number of ether oxygens (including phenoxy) is 1. The second-order valence-corrected chi connectivity index (χ2v) is 3.05. The number of aliphatic hydroxyl groups is 1. The van der Waals surface area contributed by atoms with Crippen LogP contribution in [0.2, 0.25) is 0 Å². The molecule has 74 valence electrons. The third kappa shape index (κ3) is 2.79. The van der Waals surface area contributed by atoms with Gasteiger partial charge in [0.1, 0.15) is 5.75 Å². The Kier molecular flexibility index (Phi) is 4.03. The molecule has 1 aromatic rings. The summed E-state index contributed by atoms with van der Waals surface area (Å²) in [5.41, 5.74) is 1.92. The molecule has 0 spiro atoms. The van der Waals surface area contributed by atoms with E-state index in [9.17, 15) is 0 Å². The molecule has 0 aliphatic rings. The van der Waals surface area contributed by atoms with E-state index in [1.165, 1.54) is 0 Å². The van der Waals surface area contributed by atoms with E-state index in [-0.39, 0.29) is 6.61 Å². The Morgan fingerprint density at radius 3 is 2.86 bits per heavy atom. The molecule has 1 aromatic carbocycles. The van der Waals surface area contributed by atoms with E-state index in [2.05, 4.69) is 5.92 Å².